The maximum absolute atomic E-state index is 13.0. The molecular formula is C11H13F2NO2. The molecule has 0 heterocycles. The third-order valence-corrected chi connectivity index (χ3v) is 2.38. The van der Waals surface area contributed by atoms with E-state index < -0.39 is 23.1 Å². The van der Waals surface area contributed by atoms with Crippen LogP contribution in [0.5, 0.6) is 0 Å². The number of hydrogen-bond acceptors (Lipinski definition) is 1. The lowest BCUT2D eigenvalue weighted by atomic mass is 9.84. The molecule has 5 heteroatoms. The van der Waals surface area contributed by atoms with Gasteiger partial charge in [0, 0.05) is 12.0 Å². The van der Waals surface area contributed by atoms with Gasteiger partial charge >= 0.3 is 6.09 Å². The van der Waals surface area contributed by atoms with Crippen LogP contribution in [0.3, 0.4) is 0 Å². The molecule has 2 N–H and O–H groups in total. The molecule has 0 aliphatic carbocycles. The van der Waals surface area contributed by atoms with Crippen molar-refractivity contribution in [3.8, 4) is 0 Å². The van der Waals surface area contributed by atoms with Crippen molar-refractivity contribution in [3.63, 3.8) is 0 Å². The standard InChI is InChI=1S/C11H13F2NO2/c1-11(2,6-14-10(15)16)7-3-4-8(12)9(13)5-7/h3-5,14H,6H2,1-2H3,(H,15,16). The Morgan fingerprint density at radius 3 is 2.50 bits per heavy atom. The van der Waals surface area contributed by atoms with Crippen molar-refractivity contribution in [3.05, 3.63) is 35.4 Å². The van der Waals surface area contributed by atoms with Gasteiger partial charge in [-0.05, 0) is 17.7 Å². The van der Waals surface area contributed by atoms with Gasteiger partial charge in [0.1, 0.15) is 0 Å². The molecule has 16 heavy (non-hydrogen) atoms. The van der Waals surface area contributed by atoms with E-state index in [-0.39, 0.29) is 6.54 Å². The maximum Gasteiger partial charge on any atom is 0.404 e. The predicted octanol–water partition coefficient (Wildman–Crippen LogP) is 2.51. The zero-order chi connectivity index (χ0) is 12.3. The Balaban J connectivity index is 2.88. The Kier molecular flexibility index (Phi) is 3.47. The Morgan fingerprint density at radius 1 is 1.38 bits per heavy atom. The monoisotopic (exact) mass is 229 g/mol. The van der Waals surface area contributed by atoms with Crippen molar-refractivity contribution in [2.45, 2.75) is 19.3 Å². The van der Waals surface area contributed by atoms with Gasteiger partial charge in [-0.25, -0.2) is 13.6 Å². The van der Waals surface area contributed by atoms with E-state index in [1.807, 2.05) is 0 Å². The minimum Gasteiger partial charge on any atom is -0.465 e. The highest BCUT2D eigenvalue weighted by Crippen LogP contribution is 2.23. The molecule has 1 aromatic carbocycles. The van der Waals surface area contributed by atoms with E-state index in [1.165, 1.54) is 6.07 Å². The Morgan fingerprint density at radius 2 is 2.00 bits per heavy atom. The lowest BCUT2D eigenvalue weighted by molar-refractivity contribution is 0.192. The Bertz CT molecular complexity index is 405. The van der Waals surface area contributed by atoms with Crippen LogP contribution in [0.2, 0.25) is 0 Å². The normalized spacial score (nSPS) is 11.2. The molecule has 0 fully saturated rings. The van der Waals surface area contributed by atoms with Crippen LogP contribution < -0.4 is 5.32 Å². The molecule has 1 amide bonds. The van der Waals surface area contributed by atoms with Gasteiger partial charge in [0.2, 0.25) is 0 Å². The molecule has 3 nitrogen and oxygen atoms in total. The summed E-state index contributed by atoms with van der Waals surface area (Å²) in [7, 11) is 0. The van der Waals surface area contributed by atoms with E-state index in [4.69, 9.17) is 5.11 Å². The second-order valence-electron chi connectivity index (χ2n) is 4.17. The lowest BCUT2D eigenvalue weighted by Gasteiger charge is -2.25. The quantitative estimate of drug-likeness (QED) is 0.836. The van der Waals surface area contributed by atoms with Crippen molar-refractivity contribution in [2.24, 2.45) is 0 Å². The number of hydrogen-bond donors (Lipinski definition) is 2. The third-order valence-electron chi connectivity index (χ3n) is 2.38. The van der Waals surface area contributed by atoms with Gasteiger partial charge < -0.3 is 10.4 Å². The summed E-state index contributed by atoms with van der Waals surface area (Å²) in [6.45, 7) is 3.62. The molecule has 0 atom stereocenters. The van der Waals surface area contributed by atoms with E-state index in [9.17, 15) is 13.6 Å². The van der Waals surface area contributed by atoms with Crippen molar-refractivity contribution in [2.75, 3.05) is 6.54 Å². The minimum atomic E-state index is -1.14. The van der Waals surface area contributed by atoms with E-state index in [1.54, 1.807) is 13.8 Å². The third kappa shape index (κ3) is 2.92. The van der Waals surface area contributed by atoms with Crippen molar-refractivity contribution < 1.29 is 18.7 Å². The second kappa shape index (κ2) is 4.47. The molecule has 0 bridgehead atoms. The summed E-state index contributed by atoms with van der Waals surface area (Å²) in [5.74, 6) is -1.84. The Hall–Kier alpha value is -1.65. The molecule has 1 aromatic rings. The molecule has 0 spiro atoms. The lowest BCUT2D eigenvalue weighted by Crippen LogP contribution is -2.35. The molecule has 0 aliphatic heterocycles. The van der Waals surface area contributed by atoms with Crippen LogP contribution in [0, 0.1) is 11.6 Å². The predicted molar refractivity (Wildman–Crippen MR) is 55.4 cm³/mol. The second-order valence-corrected chi connectivity index (χ2v) is 4.17. The van der Waals surface area contributed by atoms with Gasteiger partial charge in [-0.2, -0.15) is 0 Å². The summed E-state index contributed by atoms with van der Waals surface area (Å²) in [4.78, 5) is 10.4. The fourth-order valence-corrected chi connectivity index (χ4v) is 1.32. The van der Waals surface area contributed by atoms with E-state index in [0.29, 0.717) is 5.56 Å². The summed E-state index contributed by atoms with van der Waals surface area (Å²) in [6, 6.07) is 3.56. The molecule has 0 aliphatic rings. The molecule has 1 rings (SSSR count). The summed E-state index contributed by atoms with van der Waals surface area (Å²) in [6.07, 6.45) is -1.14. The number of amides is 1. The molecule has 88 valence electrons. The highest BCUT2D eigenvalue weighted by atomic mass is 19.2. The average Bonchev–Trinajstić information content (AvgIpc) is 2.19. The SMILES string of the molecule is CC(C)(CNC(=O)O)c1ccc(F)c(F)c1. The van der Waals surface area contributed by atoms with E-state index in [0.717, 1.165) is 12.1 Å². The zero-order valence-corrected chi connectivity index (χ0v) is 9.05. The highest BCUT2D eigenvalue weighted by Gasteiger charge is 2.22. The van der Waals surface area contributed by atoms with Crippen LogP contribution >= 0.6 is 0 Å². The fourth-order valence-electron chi connectivity index (χ4n) is 1.32. The molecule has 0 aromatic heterocycles. The molecular weight excluding hydrogens is 216 g/mol. The summed E-state index contributed by atoms with van der Waals surface area (Å²) < 4.78 is 25.7. The molecule has 0 unspecified atom stereocenters. The van der Waals surface area contributed by atoms with Crippen LogP contribution in [0.15, 0.2) is 18.2 Å². The average molecular weight is 229 g/mol. The van der Waals surface area contributed by atoms with Gasteiger partial charge in [0.15, 0.2) is 11.6 Å². The number of halogens is 2. The van der Waals surface area contributed by atoms with Gasteiger partial charge in [-0.1, -0.05) is 19.9 Å². The number of nitrogens with one attached hydrogen (secondary N) is 1. The van der Waals surface area contributed by atoms with E-state index >= 15 is 0 Å². The molecule has 0 saturated heterocycles. The van der Waals surface area contributed by atoms with Crippen LogP contribution in [0.4, 0.5) is 13.6 Å². The summed E-state index contributed by atoms with van der Waals surface area (Å²) in [5, 5.41) is 10.7. The van der Waals surface area contributed by atoms with Crippen molar-refractivity contribution in [1.29, 1.82) is 0 Å². The highest BCUT2D eigenvalue weighted by molar-refractivity contribution is 5.64. The first-order valence-corrected chi connectivity index (χ1v) is 4.75. The summed E-state index contributed by atoms with van der Waals surface area (Å²) >= 11 is 0. The Labute approximate surface area is 92.1 Å². The van der Waals surface area contributed by atoms with Gasteiger partial charge in [0.05, 0.1) is 0 Å². The smallest absolute Gasteiger partial charge is 0.404 e. The number of benzene rings is 1. The van der Waals surface area contributed by atoms with Gasteiger partial charge in [-0.3, -0.25) is 0 Å². The first-order chi connectivity index (χ1) is 7.33. The number of carboxylic acid groups (broad SMARTS) is 1. The van der Waals surface area contributed by atoms with Crippen LogP contribution in [-0.4, -0.2) is 17.7 Å². The van der Waals surface area contributed by atoms with Crippen LogP contribution in [-0.2, 0) is 5.41 Å². The van der Waals surface area contributed by atoms with Crippen LogP contribution in [0.1, 0.15) is 19.4 Å². The van der Waals surface area contributed by atoms with E-state index in [2.05, 4.69) is 5.32 Å². The molecule has 0 saturated carbocycles. The van der Waals surface area contributed by atoms with Gasteiger partial charge in [0.25, 0.3) is 0 Å². The largest absolute Gasteiger partial charge is 0.465 e. The molecule has 0 radical (unpaired) electrons. The van der Waals surface area contributed by atoms with Crippen LogP contribution in [0.25, 0.3) is 0 Å². The van der Waals surface area contributed by atoms with Crippen molar-refractivity contribution >= 4 is 6.09 Å². The van der Waals surface area contributed by atoms with Crippen molar-refractivity contribution in [1.82, 2.24) is 5.32 Å². The topological polar surface area (TPSA) is 49.3 Å². The maximum atomic E-state index is 13.0. The number of rotatable bonds is 3. The zero-order valence-electron chi connectivity index (χ0n) is 9.05. The van der Waals surface area contributed by atoms with Gasteiger partial charge in [-0.15, -0.1) is 0 Å². The first-order valence-electron chi connectivity index (χ1n) is 4.75. The number of carbonyl (C=O) groups is 1. The fraction of sp³-hybridized carbons (Fsp3) is 0.364. The minimum absolute atomic E-state index is 0.132. The summed E-state index contributed by atoms with van der Waals surface area (Å²) in [5.41, 5.74) is -0.0485. The first kappa shape index (κ1) is 12.4.